The number of nitrogen functional groups attached to an aromatic ring is 1. The van der Waals surface area contributed by atoms with Crippen molar-refractivity contribution in [1.82, 2.24) is 14.5 Å². The van der Waals surface area contributed by atoms with Gasteiger partial charge in [-0.05, 0) is 25.5 Å². The van der Waals surface area contributed by atoms with E-state index in [-0.39, 0.29) is 17.3 Å². The summed E-state index contributed by atoms with van der Waals surface area (Å²) in [4.78, 5) is 1.04. The van der Waals surface area contributed by atoms with Gasteiger partial charge in [-0.15, -0.1) is 11.3 Å². The summed E-state index contributed by atoms with van der Waals surface area (Å²) in [5, 5.41) is 3.92. The molecule has 20 heavy (non-hydrogen) atoms. The molecule has 0 saturated carbocycles. The Labute approximate surface area is 126 Å². The number of thiophene rings is 1. The lowest BCUT2D eigenvalue weighted by Crippen LogP contribution is -2.26. The van der Waals surface area contributed by atoms with Crippen LogP contribution < -0.4 is 10.5 Å². The lowest BCUT2D eigenvalue weighted by molar-refractivity contribution is 0.581. The fourth-order valence-corrected chi connectivity index (χ4v) is 3.85. The fourth-order valence-electron chi connectivity index (χ4n) is 1.66. The van der Waals surface area contributed by atoms with Crippen molar-refractivity contribution >= 4 is 38.8 Å². The monoisotopic (exact) mass is 334 g/mol. The summed E-state index contributed by atoms with van der Waals surface area (Å²) in [6.45, 7) is 2.71. The van der Waals surface area contributed by atoms with Crippen LogP contribution in [0.25, 0.3) is 0 Å². The number of aromatic nitrogens is 2. The molecule has 2 heterocycles. The molecule has 2 aromatic rings. The Bertz CT molecular complexity index is 693. The molecule has 0 aromatic carbocycles. The van der Waals surface area contributed by atoms with Gasteiger partial charge in [0.15, 0.2) is 5.82 Å². The van der Waals surface area contributed by atoms with Gasteiger partial charge in [-0.3, -0.25) is 4.68 Å². The summed E-state index contributed by atoms with van der Waals surface area (Å²) < 4.78 is 28.9. The topological polar surface area (TPSA) is 90.0 Å². The third-order valence-corrected chi connectivity index (χ3v) is 5.43. The molecule has 2 aromatic heterocycles. The van der Waals surface area contributed by atoms with Crippen LogP contribution in [0.4, 0.5) is 5.82 Å². The van der Waals surface area contributed by atoms with E-state index in [1.807, 2.05) is 13.0 Å². The van der Waals surface area contributed by atoms with Gasteiger partial charge in [-0.1, -0.05) is 11.6 Å². The molecule has 110 valence electrons. The van der Waals surface area contributed by atoms with Crippen molar-refractivity contribution in [2.45, 2.75) is 24.8 Å². The largest absolute Gasteiger partial charge is 0.381 e. The number of nitrogens with one attached hydrogen (secondary N) is 1. The van der Waals surface area contributed by atoms with Crippen LogP contribution in [0.15, 0.2) is 23.2 Å². The molecule has 2 rings (SSSR count). The van der Waals surface area contributed by atoms with Crippen molar-refractivity contribution in [3.8, 4) is 0 Å². The Morgan fingerprint density at radius 1 is 1.50 bits per heavy atom. The van der Waals surface area contributed by atoms with Gasteiger partial charge in [0.2, 0.25) is 10.0 Å². The van der Waals surface area contributed by atoms with E-state index in [1.54, 1.807) is 6.07 Å². The second kappa shape index (κ2) is 6.13. The maximum atomic E-state index is 12.1. The Kier molecular flexibility index (Phi) is 4.69. The van der Waals surface area contributed by atoms with E-state index in [0.717, 1.165) is 4.88 Å². The van der Waals surface area contributed by atoms with Crippen LogP contribution in [0.3, 0.4) is 0 Å². The van der Waals surface area contributed by atoms with Crippen LogP contribution in [0, 0.1) is 0 Å². The van der Waals surface area contributed by atoms with E-state index in [1.165, 1.54) is 22.2 Å². The molecular formula is C11H15ClN4O2S2. The molecule has 6 nitrogen and oxygen atoms in total. The molecule has 0 atom stereocenters. The van der Waals surface area contributed by atoms with Crippen molar-refractivity contribution in [2.75, 3.05) is 12.3 Å². The van der Waals surface area contributed by atoms with Gasteiger partial charge >= 0.3 is 0 Å². The van der Waals surface area contributed by atoms with Crippen LogP contribution >= 0.6 is 22.9 Å². The van der Waals surface area contributed by atoms with E-state index in [2.05, 4.69) is 9.82 Å². The molecule has 0 unspecified atom stereocenters. The zero-order valence-corrected chi connectivity index (χ0v) is 13.2. The molecule has 0 aliphatic carbocycles. The van der Waals surface area contributed by atoms with Crippen LogP contribution in [0.5, 0.6) is 0 Å². The molecule has 0 radical (unpaired) electrons. The van der Waals surface area contributed by atoms with Gasteiger partial charge in [0.05, 0.1) is 4.34 Å². The first-order chi connectivity index (χ1) is 9.42. The van der Waals surface area contributed by atoms with E-state index in [4.69, 9.17) is 17.3 Å². The predicted octanol–water partition coefficient (Wildman–Crippen LogP) is 1.72. The first kappa shape index (κ1) is 15.3. The number of anilines is 1. The number of nitrogens with two attached hydrogens (primary N) is 1. The van der Waals surface area contributed by atoms with Crippen LogP contribution in [0.1, 0.15) is 11.8 Å². The van der Waals surface area contributed by atoms with Crippen molar-refractivity contribution in [2.24, 2.45) is 0 Å². The highest BCUT2D eigenvalue weighted by Gasteiger charge is 2.20. The quantitative estimate of drug-likeness (QED) is 0.841. The second-order valence-corrected chi connectivity index (χ2v) is 7.62. The third-order valence-electron chi connectivity index (χ3n) is 2.66. The number of halogens is 1. The van der Waals surface area contributed by atoms with E-state index >= 15 is 0 Å². The lowest BCUT2D eigenvalue weighted by Gasteiger charge is -2.04. The highest BCUT2D eigenvalue weighted by Crippen LogP contribution is 2.22. The normalized spacial score (nSPS) is 11.9. The number of nitrogens with zero attached hydrogens (tertiary/aromatic N) is 2. The summed E-state index contributed by atoms with van der Waals surface area (Å²) in [7, 11) is -3.63. The van der Waals surface area contributed by atoms with E-state index < -0.39 is 10.0 Å². The number of aryl methyl sites for hydroxylation is 1. The van der Waals surface area contributed by atoms with Gasteiger partial charge in [-0.2, -0.15) is 5.10 Å². The number of rotatable bonds is 6. The summed E-state index contributed by atoms with van der Waals surface area (Å²) >= 11 is 7.25. The minimum absolute atomic E-state index is 0.0125. The average molecular weight is 335 g/mol. The highest BCUT2D eigenvalue weighted by atomic mass is 35.5. The molecule has 3 N–H and O–H groups in total. The van der Waals surface area contributed by atoms with Crippen LogP contribution in [0.2, 0.25) is 4.34 Å². The minimum atomic E-state index is -3.63. The summed E-state index contributed by atoms with van der Waals surface area (Å²) in [6, 6.07) is 3.67. The zero-order chi connectivity index (χ0) is 14.8. The molecule has 9 heteroatoms. The fraction of sp³-hybridized carbons (Fsp3) is 0.364. The number of hydrogen-bond acceptors (Lipinski definition) is 5. The average Bonchev–Trinajstić information content (AvgIpc) is 2.95. The molecule has 0 bridgehead atoms. The molecule has 0 aliphatic rings. The van der Waals surface area contributed by atoms with Crippen LogP contribution in [-0.2, 0) is 23.0 Å². The van der Waals surface area contributed by atoms with Gasteiger partial charge in [0.1, 0.15) is 4.90 Å². The summed E-state index contributed by atoms with van der Waals surface area (Å²) in [5.74, 6) is 0.0125. The Hall–Kier alpha value is -1.09. The SMILES string of the molecule is CCn1cc(S(=O)(=O)NCCc2ccc(Cl)s2)c(N)n1. The van der Waals surface area contributed by atoms with Crippen molar-refractivity contribution < 1.29 is 8.42 Å². The van der Waals surface area contributed by atoms with Crippen molar-refractivity contribution in [1.29, 1.82) is 0 Å². The zero-order valence-electron chi connectivity index (χ0n) is 10.8. The summed E-state index contributed by atoms with van der Waals surface area (Å²) in [5.41, 5.74) is 5.62. The smallest absolute Gasteiger partial charge is 0.245 e. The van der Waals surface area contributed by atoms with E-state index in [0.29, 0.717) is 17.3 Å². The third kappa shape index (κ3) is 3.51. The van der Waals surface area contributed by atoms with Gasteiger partial charge in [0, 0.05) is 24.2 Å². The summed E-state index contributed by atoms with van der Waals surface area (Å²) in [6.07, 6.45) is 2.01. The first-order valence-corrected chi connectivity index (χ1v) is 8.67. The van der Waals surface area contributed by atoms with Gasteiger partial charge in [0.25, 0.3) is 0 Å². The maximum absolute atomic E-state index is 12.1. The first-order valence-electron chi connectivity index (χ1n) is 5.99. The van der Waals surface area contributed by atoms with Gasteiger partial charge in [-0.25, -0.2) is 13.1 Å². The Morgan fingerprint density at radius 3 is 2.80 bits per heavy atom. The van der Waals surface area contributed by atoms with Crippen LogP contribution in [-0.4, -0.2) is 24.7 Å². The lowest BCUT2D eigenvalue weighted by atomic mass is 10.3. The number of sulfonamides is 1. The van der Waals surface area contributed by atoms with Crippen molar-refractivity contribution in [3.63, 3.8) is 0 Å². The highest BCUT2D eigenvalue weighted by molar-refractivity contribution is 7.89. The second-order valence-electron chi connectivity index (χ2n) is 4.09. The minimum Gasteiger partial charge on any atom is -0.381 e. The van der Waals surface area contributed by atoms with Gasteiger partial charge < -0.3 is 5.73 Å². The Balaban J connectivity index is 2.01. The van der Waals surface area contributed by atoms with Crippen molar-refractivity contribution in [3.05, 3.63) is 27.5 Å². The predicted molar refractivity (Wildman–Crippen MR) is 80.5 cm³/mol. The molecule has 0 spiro atoms. The molecular weight excluding hydrogens is 320 g/mol. The molecule has 0 aliphatic heterocycles. The van der Waals surface area contributed by atoms with E-state index in [9.17, 15) is 8.42 Å². The maximum Gasteiger partial charge on any atom is 0.245 e. The Morgan fingerprint density at radius 2 is 2.25 bits per heavy atom. The number of hydrogen-bond donors (Lipinski definition) is 2. The molecule has 0 amide bonds. The molecule has 0 fully saturated rings. The standard InChI is InChI=1S/C11H15ClN4O2S2/c1-2-16-7-9(11(13)15-16)20(17,18)14-6-5-8-3-4-10(12)19-8/h3-4,7,14H,2,5-6H2,1H3,(H2,13,15). The molecule has 0 saturated heterocycles.